The third kappa shape index (κ3) is 1.95. The van der Waals surface area contributed by atoms with E-state index in [4.69, 9.17) is 0 Å². The van der Waals surface area contributed by atoms with Crippen molar-refractivity contribution in [2.24, 2.45) is 5.41 Å². The van der Waals surface area contributed by atoms with Crippen molar-refractivity contribution in [2.75, 3.05) is 13.1 Å². The van der Waals surface area contributed by atoms with Gasteiger partial charge in [-0.05, 0) is 5.41 Å². The van der Waals surface area contributed by atoms with E-state index in [-0.39, 0.29) is 0 Å². The minimum atomic E-state index is 0.438. The number of hydrogen-bond acceptors (Lipinski definition) is 1. The summed E-state index contributed by atoms with van der Waals surface area (Å²) in [6.07, 6.45) is 2.18. The molecule has 0 amide bonds. The molecule has 0 radical (unpaired) electrons. The van der Waals surface area contributed by atoms with Crippen molar-refractivity contribution in [3.8, 4) is 0 Å². The Morgan fingerprint density at radius 2 is 1.67 bits per heavy atom. The molecule has 2 heteroatoms. The summed E-state index contributed by atoms with van der Waals surface area (Å²) in [6.45, 7) is 6.10. The van der Waals surface area contributed by atoms with Gasteiger partial charge in [-0.1, -0.05) is 13.8 Å². The molecular weight excluding hydrogens is 114 g/mol. The smallest absolute Gasteiger partial charge is 0.0773 e. The highest BCUT2D eigenvalue weighted by Crippen LogP contribution is 2.24. The zero-order valence-corrected chi connectivity index (χ0v) is 6.24. The predicted octanol–water partition coefficient (Wildman–Crippen LogP) is 0.189. The summed E-state index contributed by atoms with van der Waals surface area (Å²) >= 11 is 0. The summed E-state index contributed by atoms with van der Waals surface area (Å²) in [6, 6.07) is 0. The van der Waals surface area contributed by atoms with E-state index in [1.54, 1.807) is 0 Å². The molecule has 54 valence electrons. The summed E-state index contributed by atoms with van der Waals surface area (Å²) in [5.74, 6) is 0. The van der Waals surface area contributed by atoms with Gasteiger partial charge in [-0.3, -0.25) is 0 Å². The molecule has 0 aromatic rings. The van der Waals surface area contributed by atoms with E-state index in [0.717, 1.165) is 25.9 Å². The van der Waals surface area contributed by atoms with Gasteiger partial charge < -0.3 is 10.3 Å². The number of rotatable bonds is 0. The molecule has 1 rings (SSSR count). The average Bonchev–Trinajstić information content (AvgIpc) is 1.78. The van der Waals surface area contributed by atoms with Crippen LogP contribution in [-0.2, 0) is 0 Å². The van der Waals surface area contributed by atoms with Gasteiger partial charge in [-0.15, -0.1) is 0 Å². The number of piperidine rings is 1. The van der Waals surface area contributed by atoms with Gasteiger partial charge in [-0.2, -0.15) is 0 Å². The Kier molecular flexibility index (Phi) is 1.78. The Bertz CT molecular complexity index is 91.1. The van der Waals surface area contributed by atoms with Gasteiger partial charge >= 0.3 is 0 Å². The minimum Gasteiger partial charge on any atom is -0.634 e. The maximum Gasteiger partial charge on any atom is 0.0773 e. The molecule has 1 aliphatic rings. The van der Waals surface area contributed by atoms with Gasteiger partial charge in [0.25, 0.3) is 0 Å². The normalized spacial score (nSPS) is 28.3. The van der Waals surface area contributed by atoms with Crippen LogP contribution in [0.15, 0.2) is 0 Å². The summed E-state index contributed by atoms with van der Waals surface area (Å²) < 4.78 is 0. The lowest BCUT2D eigenvalue weighted by atomic mass is 9.83. The molecule has 1 N–H and O–H groups in total. The van der Waals surface area contributed by atoms with Crippen LogP contribution in [0.2, 0.25) is 0 Å². The fraction of sp³-hybridized carbons (Fsp3) is 1.00. The fourth-order valence-electron chi connectivity index (χ4n) is 1.21. The van der Waals surface area contributed by atoms with Gasteiger partial charge in [0.15, 0.2) is 0 Å². The van der Waals surface area contributed by atoms with Gasteiger partial charge in [-0.25, -0.2) is 0 Å². The third-order valence-electron chi connectivity index (χ3n) is 2.16. The lowest BCUT2D eigenvalue weighted by Gasteiger charge is -2.36. The molecule has 0 spiro atoms. The number of hydrogen-bond donors (Lipinski definition) is 1. The molecule has 1 saturated heterocycles. The van der Waals surface area contributed by atoms with Crippen LogP contribution in [0.25, 0.3) is 0 Å². The molecule has 1 fully saturated rings. The molecule has 2 nitrogen and oxygen atoms in total. The van der Waals surface area contributed by atoms with Crippen molar-refractivity contribution in [1.82, 2.24) is 0 Å². The molecule has 1 heterocycles. The summed E-state index contributed by atoms with van der Waals surface area (Å²) in [4.78, 5) is 0. The first-order chi connectivity index (χ1) is 4.10. The zero-order chi connectivity index (χ0) is 6.91. The van der Waals surface area contributed by atoms with Crippen molar-refractivity contribution < 1.29 is 5.06 Å². The maximum atomic E-state index is 10.8. The summed E-state index contributed by atoms with van der Waals surface area (Å²) in [7, 11) is 0. The Morgan fingerprint density at radius 1 is 1.22 bits per heavy atom. The van der Waals surface area contributed by atoms with Crippen LogP contribution in [0.5, 0.6) is 0 Å². The van der Waals surface area contributed by atoms with E-state index in [0.29, 0.717) is 10.5 Å². The van der Waals surface area contributed by atoms with Crippen LogP contribution in [0.1, 0.15) is 26.7 Å². The second kappa shape index (κ2) is 2.27. The Labute approximate surface area is 56.4 Å². The summed E-state index contributed by atoms with van der Waals surface area (Å²) in [5, 5.41) is 11.2. The highest BCUT2D eigenvalue weighted by Gasteiger charge is 2.24. The molecule has 9 heavy (non-hydrogen) atoms. The zero-order valence-electron chi connectivity index (χ0n) is 6.24. The van der Waals surface area contributed by atoms with Crippen LogP contribution in [-0.4, -0.2) is 13.1 Å². The van der Waals surface area contributed by atoms with E-state index in [1.165, 1.54) is 0 Å². The highest BCUT2D eigenvalue weighted by atomic mass is 16.5. The van der Waals surface area contributed by atoms with E-state index >= 15 is 0 Å². The molecule has 0 aromatic heterocycles. The first-order valence-electron chi connectivity index (χ1n) is 3.62. The molecule has 0 bridgehead atoms. The number of hydroxylamine groups is 2. The monoisotopic (exact) mass is 129 g/mol. The van der Waals surface area contributed by atoms with Gasteiger partial charge in [0, 0.05) is 12.8 Å². The lowest BCUT2D eigenvalue weighted by Crippen LogP contribution is -3.08. The molecule has 0 atom stereocenters. The molecule has 1 aliphatic heterocycles. The van der Waals surface area contributed by atoms with E-state index < -0.39 is 0 Å². The van der Waals surface area contributed by atoms with Gasteiger partial charge in [0.05, 0.1) is 13.1 Å². The molecule has 0 unspecified atom stereocenters. The molecule has 0 saturated carbocycles. The number of nitrogens with one attached hydrogen (secondary N) is 1. The van der Waals surface area contributed by atoms with Crippen LogP contribution in [0.4, 0.5) is 0 Å². The minimum absolute atomic E-state index is 0.438. The topological polar surface area (TPSA) is 27.5 Å². The van der Waals surface area contributed by atoms with Crippen LogP contribution in [0, 0.1) is 10.6 Å². The van der Waals surface area contributed by atoms with E-state index in [1.807, 2.05) is 0 Å². The van der Waals surface area contributed by atoms with Crippen molar-refractivity contribution in [2.45, 2.75) is 26.7 Å². The Balaban J connectivity index is 2.35. The quantitative estimate of drug-likeness (QED) is 0.464. The van der Waals surface area contributed by atoms with E-state index in [2.05, 4.69) is 13.8 Å². The molecule has 0 aromatic carbocycles. The van der Waals surface area contributed by atoms with Crippen molar-refractivity contribution >= 4 is 0 Å². The summed E-state index contributed by atoms with van der Waals surface area (Å²) in [5.41, 5.74) is 0.438. The van der Waals surface area contributed by atoms with Gasteiger partial charge in [0.1, 0.15) is 0 Å². The predicted molar refractivity (Wildman–Crippen MR) is 37.1 cm³/mol. The standard InChI is InChI=1S/C7H15NO/c1-7(2)3-5-8(9)6-4-7/h8H,3-6H2,1-2H3. The molecule has 0 aliphatic carbocycles. The number of quaternary nitrogens is 1. The van der Waals surface area contributed by atoms with Crippen LogP contribution >= 0.6 is 0 Å². The SMILES string of the molecule is CC1(C)CC[NH+]([O-])CC1. The van der Waals surface area contributed by atoms with Crippen molar-refractivity contribution in [1.29, 1.82) is 0 Å². The first-order valence-corrected chi connectivity index (χ1v) is 3.62. The van der Waals surface area contributed by atoms with E-state index in [9.17, 15) is 5.21 Å². The lowest BCUT2D eigenvalue weighted by molar-refractivity contribution is -0.856. The van der Waals surface area contributed by atoms with Gasteiger partial charge in [0.2, 0.25) is 0 Å². The maximum absolute atomic E-state index is 10.8. The fourth-order valence-corrected chi connectivity index (χ4v) is 1.21. The second-order valence-electron chi connectivity index (χ2n) is 3.70. The second-order valence-corrected chi connectivity index (χ2v) is 3.70. The van der Waals surface area contributed by atoms with Crippen molar-refractivity contribution in [3.63, 3.8) is 0 Å². The van der Waals surface area contributed by atoms with Crippen LogP contribution < -0.4 is 5.06 Å². The highest BCUT2D eigenvalue weighted by molar-refractivity contribution is 4.70. The Hall–Kier alpha value is -0.0800. The third-order valence-corrected chi connectivity index (χ3v) is 2.16. The van der Waals surface area contributed by atoms with Crippen molar-refractivity contribution in [3.05, 3.63) is 5.21 Å². The molecular formula is C7H15NO. The largest absolute Gasteiger partial charge is 0.634 e. The average molecular weight is 129 g/mol. The Morgan fingerprint density at radius 3 is 2.00 bits per heavy atom. The van der Waals surface area contributed by atoms with Crippen LogP contribution in [0.3, 0.4) is 0 Å². The first kappa shape index (κ1) is 7.03.